The number of carbonyl (C=O) groups is 2. The number of halogens is 1. The molecule has 0 radical (unpaired) electrons. The third kappa shape index (κ3) is 3.69. The van der Waals surface area contributed by atoms with E-state index in [4.69, 9.17) is 21.1 Å². The number of carbonyl (C=O) groups excluding carboxylic acids is 2. The highest BCUT2D eigenvalue weighted by Crippen LogP contribution is 2.47. The lowest BCUT2D eigenvalue weighted by atomic mass is 9.77. The van der Waals surface area contributed by atoms with Gasteiger partial charge in [0, 0.05) is 11.9 Å². The van der Waals surface area contributed by atoms with Gasteiger partial charge in [0.15, 0.2) is 11.5 Å². The summed E-state index contributed by atoms with van der Waals surface area (Å²) in [6.45, 7) is 0.497. The van der Waals surface area contributed by atoms with Crippen LogP contribution in [0.25, 0.3) is 0 Å². The summed E-state index contributed by atoms with van der Waals surface area (Å²) in [6, 6.07) is 17.2. The number of amides is 1. The predicted molar refractivity (Wildman–Crippen MR) is 121 cm³/mol. The third-order valence-corrected chi connectivity index (χ3v) is 7.19. The van der Waals surface area contributed by atoms with Crippen LogP contribution in [-0.2, 0) is 20.7 Å². The molecule has 5 rings (SSSR count). The first-order chi connectivity index (χ1) is 15.6. The van der Waals surface area contributed by atoms with Crippen LogP contribution in [0.5, 0.6) is 5.75 Å². The van der Waals surface area contributed by atoms with Crippen molar-refractivity contribution in [1.29, 1.82) is 0 Å². The monoisotopic (exact) mass is 451 g/mol. The zero-order valence-corrected chi connectivity index (χ0v) is 18.8. The van der Waals surface area contributed by atoms with E-state index in [1.165, 1.54) is 0 Å². The van der Waals surface area contributed by atoms with Crippen molar-refractivity contribution in [3.63, 3.8) is 0 Å². The predicted octanol–water partition coefficient (Wildman–Crippen LogP) is 4.45. The lowest BCUT2D eigenvalue weighted by Gasteiger charge is -2.37. The minimum absolute atomic E-state index is 0.0120. The second-order valence-electron chi connectivity index (χ2n) is 8.69. The van der Waals surface area contributed by atoms with Gasteiger partial charge in [-0.2, -0.15) is 0 Å². The molecule has 4 unspecified atom stereocenters. The van der Waals surface area contributed by atoms with Crippen molar-refractivity contribution >= 4 is 23.3 Å². The summed E-state index contributed by atoms with van der Waals surface area (Å²) < 4.78 is 11.5. The van der Waals surface area contributed by atoms with Gasteiger partial charge in [0.2, 0.25) is 0 Å². The molecule has 1 saturated carbocycles. The fourth-order valence-corrected chi connectivity index (χ4v) is 5.44. The summed E-state index contributed by atoms with van der Waals surface area (Å²) in [5, 5.41) is -0.0309. The Morgan fingerprint density at radius 1 is 1.06 bits per heavy atom. The van der Waals surface area contributed by atoms with Gasteiger partial charge in [-0.05, 0) is 48.9 Å². The molecule has 166 valence electrons. The molecule has 2 aromatic carbocycles. The number of benzene rings is 2. The van der Waals surface area contributed by atoms with Crippen molar-refractivity contribution < 1.29 is 19.1 Å². The van der Waals surface area contributed by atoms with Gasteiger partial charge in [0.1, 0.15) is 11.9 Å². The summed E-state index contributed by atoms with van der Waals surface area (Å²) >= 11 is 6.39. The molecule has 0 saturated heterocycles. The van der Waals surface area contributed by atoms with Gasteiger partial charge in [-0.25, -0.2) is 0 Å². The van der Waals surface area contributed by atoms with Gasteiger partial charge in [0.05, 0.1) is 24.6 Å². The molecule has 4 atom stereocenters. The van der Waals surface area contributed by atoms with Crippen LogP contribution in [0.2, 0.25) is 0 Å². The Morgan fingerprint density at radius 2 is 1.81 bits per heavy atom. The molecule has 5 nitrogen and oxygen atoms in total. The maximum atomic E-state index is 13.7. The number of methoxy groups -OCH3 is 1. The second kappa shape index (κ2) is 8.62. The van der Waals surface area contributed by atoms with Crippen LogP contribution in [-0.4, -0.2) is 41.7 Å². The molecule has 2 heterocycles. The van der Waals surface area contributed by atoms with E-state index in [2.05, 4.69) is 0 Å². The van der Waals surface area contributed by atoms with E-state index in [0.29, 0.717) is 31.4 Å². The molecule has 0 aromatic heterocycles. The van der Waals surface area contributed by atoms with E-state index in [-0.39, 0.29) is 34.8 Å². The first kappa shape index (κ1) is 21.1. The SMILES string of the molecule is COc1ccc(C2C3=C(OC4CCC(Cl)CC4C3=O)C(=O)N2CCc2ccccc2)cc1. The van der Waals surface area contributed by atoms with Crippen LogP contribution in [0.1, 0.15) is 36.4 Å². The average Bonchev–Trinajstić information content (AvgIpc) is 3.10. The molecule has 2 aliphatic heterocycles. The van der Waals surface area contributed by atoms with Crippen molar-refractivity contribution in [2.24, 2.45) is 5.92 Å². The summed E-state index contributed by atoms with van der Waals surface area (Å²) in [5.74, 6) is 0.493. The van der Waals surface area contributed by atoms with Gasteiger partial charge in [0.25, 0.3) is 5.91 Å². The molecule has 0 spiro atoms. The molecule has 1 amide bonds. The van der Waals surface area contributed by atoms with E-state index in [9.17, 15) is 9.59 Å². The van der Waals surface area contributed by atoms with Crippen molar-refractivity contribution in [1.82, 2.24) is 4.90 Å². The molecular weight excluding hydrogens is 426 g/mol. The summed E-state index contributed by atoms with van der Waals surface area (Å²) in [5.41, 5.74) is 2.51. The fourth-order valence-electron chi connectivity index (χ4n) is 5.12. The van der Waals surface area contributed by atoms with Gasteiger partial charge in [-0.15, -0.1) is 11.6 Å². The van der Waals surface area contributed by atoms with Crippen LogP contribution in [0.4, 0.5) is 0 Å². The van der Waals surface area contributed by atoms with Gasteiger partial charge >= 0.3 is 0 Å². The van der Waals surface area contributed by atoms with Crippen LogP contribution in [0, 0.1) is 5.92 Å². The van der Waals surface area contributed by atoms with Crippen LogP contribution in [0.3, 0.4) is 0 Å². The highest BCUT2D eigenvalue weighted by Gasteiger charge is 2.52. The second-order valence-corrected chi connectivity index (χ2v) is 9.31. The fraction of sp³-hybridized carbons (Fsp3) is 0.385. The van der Waals surface area contributed by atoms with Gasteiger partial charge in [-0.1, -0.05) is 42.5 Å². The minimum atomic E-state index is -0.462. The zero-order chi connectivity index (χ0) is 22.2. The quantitative estimate of drug-likeness (QED) is 0.630. The topological polar surface area (TPSA) is 55.8 Å². The minimum Gasteiger partial charge on any atom is -0.497 e. The standard InChI is InChI=1S/C26H26ClNO4/c1-31-19-10-7-17(8-11-19)23-22-24(29)20-15-18(27)9-12-21(20)32-25(22)26(30)28(23)14-13-16-5-3-2-4-6-16/h2-8,10-11,18,20-21,23H,9,12-15H2,1H3. The summed E-state index contributed by atoms with van der Waals surface area (Å²) in [7, 11) is 1.62. The smallest absolute Gasteiger partial charge is 0.290 e. The Morgan fingerprint density at radius 3 is 2.53 bits per heavy atom. The Labute approximate surface area is 193 Å². The normalized spacial score (nSPS) is 27.1. The van der Waals surface area contributed by atoms with E-state index in [1.807, 2.05) is 54.6 Å². The number of ether oxygens (including phenoxy) is 2. The molecule has 2 aromatic rings. The number of alkyl halides is 1. The molecule has 3 aliphatic rings. The molecule has 1 aliphatic carbocycles. The molecule has 32 heavy (non-hydrogen) atoms. The van der Waals surface area contributed by atoms with Crippen LogP contribution >= 0.6 is 11.6 Å². The number of Topliss-reactive ketones (excluding diaryl/α,β-unsaturated/α-hetero) is 1. The summed E-state index contributed by atoms with van der Waals surface area (Å²) in [4.78, 5) is 28.9. The molecule has 0 N–H and O–H groups in total. The lowest BCUT2D eigenvalue weighted by Crippen LogP contribution is -2.41. The van der Waals surface area contributed by atoms with Gasteiger partial charge < -0.3 is 14.4 Å². The Bertz CT molecular complexity index is 1050. The van der Waals surface area contributed by atoms with Crippen molar-refractivity contribution in [2.75, 3.05) is 13.7 Å². The molecule has 0 bridgehead atoms. The number of fused-ring (bicyclic) bond motifs is 1. The molecular formula is C26H26ClNO4. The average molecular weight is 452 g/mol. The molecule has 1 fully saturated rings. The molecule has 6 heteroatoms. The maximum absolute atomic E-state index is 13.7. The lowest BCUT2D eigenvalue weighted by molar-refractivity contribution is -0.135. The van der Waals surface area contributed by atoms with Gasteiger partial charge in [-0.3, -0.25) is 9.59 Å². The first-order valence-electron chi connectivity index (χ1n) is 11.1. The summed E-state index contributed by atoms with van der Waals surface area (Å²) in [6.07, 6.45) is 2.53. The van der Waals surface area contributed by atoms with Crippen molar-refractivity contribution in [3.8, 4) is 5.75 Å². The highest BCUT2D eigenvalue weighted by molar-refractivity contribution is 6.21. The first-order valence-corrected chi connectivity index (χ1v) is 11.6. The number of hydrogen-bond donors (Lipinski definition) is 0. The largest absolute Gasteiger partial charge is 0.497 e. The van der Waals surface area contributed by atoms with E-state index >= 15 is 0 Å². The third-order valence-electron chi connectivity index (χ3n) is 6.79. The highest BCUT2D eigenvalue weighted by atomic mass is 35.5. The van der Waals surface area contributed by atoms with Crippen LogP contribution in [0.15, 0.2) is 65.9 Å². The van der Waals surface area contributed by atoms with E-state index < -0.39 is 6.04 Å². The Hall–Kier alpha value is -2.79. The Kier molecular flexibility index (Phi) is 5.68. The number of rotatable bonds is 5. The maximum Gasteiger partial charge on any atom is 0.290 e. The van der Waals surface area contributed by atoms with Crippen molar-refractivity contribution in [3.05, 3.63) is 77.1 Å². The van der Waals surface area contributed by atoms with E-state index in [1.54, 1.807) is 12.0 Å². The van der Waals surface area contributed by atoms with Crippen molar-refractivity contribution in [2.45, 2.75) is 43.2 Å². The number of hydrogen-bond acceptors (Lipinski definition) is 4. The van der Waals surface area contributed by atoms with E-state index in [0.717, 1.165) is 23.3 Å². The zero-order valence-electron chi connectivity index (χ0n) is 18.0. The number of nitrogens with zero attached hydrogens (tertiary/aromatic N) is 1. The van der Waals surface area contributed by atoms with Crippen LogP contribution < -0.4 is 4.74 Å². The Balaban J connectivity index is 1.51. The number of ketones is 1.